The number of piperidine rings is 1. The van der Waals surface area contributed by atoms with Gasteiger partial charge in [0.1, 0.15) is 6.04 Å². The first-order chi connectivity index (χ1) is 9.47. The molecule has 1 aliphatic heterocycles. The van der Waals surface area contributed by atoms with Gasteiger partial charge in [-0.05, 0) is 31.8 Å². The number of amides is 2. The van der Waals surface area contributed by atoms with Gasteiger partial charge in [-0.1, -0.05) is 27.2 Å². The summed E-state index contributed by atoms with van der Waals surface area (Å²) in [5, 5.41) is 14.6. The highest BCUT2D eigenvalue weighted by molar-refractivity contribution is 5.82. The lowest BCUT2D eigenvalue weighted by atomic mass is 9.99. The molecule has 0 aliphatic carbocycles. The Morgan fingerprint density at radius 3 is 2.65 bits per heavy atom. The van der Waals surface area contributed by atoms with Crippen molar-refractivity contribution >= 4 is 12.0 Å². The second-order valence-electron chi connectivity index (χ2n) is 5.55. The molecule has 1 fully saturated rings. The molecule has 6 heteroatoms. The Balaban J connectivity index is 2.47. The number of likely N-dealkylation sites (N-methyl/N-ethyl adjacent to an activating group) is 1. The molecule has 0 saturated carbocycles. The second kappa shape index (κ2) is 8.09. The van der Waals surface area contributed by atoms with Gasteiger partial charge < -0.3 is 20.6 Å². The highest BCUT2D eigenvalue weighted by Gasteiger charge is 2.27. The Hall–Kier alpha value is -1.30. The smallest absolute Gasteiger partial charge is 0.326 e. The quantitative estimate of drug-likeness (QED) is 0.686. The molecule has 2 amide bonds. The predicted molar refractivity (Wildman–Crippen MR) is 77.7 cm³/mol. The van der Waals surface area contributed by atoms with Crippen LogP contribution < -0.4 is 10.6 Å². The number of carboxylic acids is 1. The van der Waals surface area contributed by atoms with E-state index in [0.29, 0.717) is 6.42 Å². The van der Waals surface area contributed by atoms with Crippen molar-refractivity contribution in [3.8, 4) is 0 Å². The van der Waals surface area contributed by atoms with Crippen LogP contribution in [0.4, 0.5) is 4.79 Å². The molecular formula is C14H27N3O3. The minimum atomic E-state index is -0.978. The number of likely N-dealkylation sites (tertiary alicyclic amines) is 1. The van der Waals surface area contributed by atoms with E-state index in [1.54, 1.807) is 0 Å². The van der Waals surface area contributed by atoms with Crippen molar-refractivity contribution in [1.82, 2.24) is 15.5 Å². The Kier molecular flexibility index (Phi) is 6.78. The van der Waals surface area contributed by atoms with Gasteiger partial charge >= 0.3 is 12.0 Å². The lowest BCUT2D eigenvalue weighted by Crippen LogP contribution is -2.54. The van der Waals surface area contributed by atoms with Crippen molar-refractivity contribution in [2.75, 3.05) is 19.6 Å². The van der Waals surface area contributed by atoms with Gasteiger partial charge in [-0.25, -0.2) is 9.59 Å². The van der Waals surface area contributed by atoms with Crippen LogP contribution in [-0.2, 0) is 4.79 Å². The Morgan fingerprint density at radius 2 is 2.10 bits per heavy atom. The van der Waals surface area contributed by atoms with Crippen LogP contribution in [0, 0.1) is 5.92 Å². The molecule has 1 heterocycles. The van der Waals surface area contributed by atoms with Crippen molar-refractivity contribution in [2.24, 2.45) is 5.92 Å². The van der Waals surface area contributed by atoms with E-state index in [0.717, 1.165) is 32.5 Å². The number of aliphatic carboxylic acids is 1. The van der Waals surface area contributed by atoms with Crippen LogP contribution in [0.15, 0.2) is 0 Å². The average molecular weight is 285 g/mol. The molecule has 3 atom stereocenters. The molecule has 0 aromatic rings. The van der Waals surface area contributed by atoms with Crippen LogP contribution in [0.3, 0.4) is 0 Å². The van der Waals surface area contributed by atoms with E-state index in [1.807, 2.05) is 13.8 Å². The van der Waals surface area contributed by atoms with Gasteiger partial charge in [0.05, 0.1) is 0 Å². The van der Waals surface area contributed by atoms with Gasteiger partial charge in [0.15, 0.2) is 0 Å². The number of urea groups is 1. The fraction of sp³-hybridized carbons (Fsp3) is 0.857. The molecule has 3 unspecified atom stereocenters. The first-order valence-corrected chi connectivity index (χ1v) is 7.50. The molecule has 0 aromatic heterocycles. The van der Waals surface area contributed by atoms with Gasteiger partial charge in [0.25, 0.3) is 0 Å². The number of nitrogens with one attached hydrogen (secondary N) is 2. The van der Waals surface area contributed by atoms with E-state index in [-0.39, 0.29) is 18.0 Å². The summed E-state index contributed by atoms with van der Waals surface area (Å²) in [4.78, 5) is 25.4. The summed E-state index contributed by atoms with van der Waals surface area (Å²) in [7, 11) is 0. The molecule has 1 rings (SSSR count). The van der Waals surface area contributed by atoms with Gasteiger partial charge in [0, 0.05) is 12.6 Å². The lowest BCUT2D eigenvalue weighted by molar-refractivity contribution is -0.140. The lowest BCUT2D eigenvalue weighted by Gasteiger charge is -2.32. The standard InChI is InChI=1S/C14H27N3O3/c1-4-10(3)12(13(18)19)16-14(20)15-11-7-6-8-17(5-2)9-11/h10-12H,4-9H2,1-3H3,(H,18,19)(H2,15,16,20). The molecule has 0 radical (unpaired) electrons. The van der Waals surface area contributed by atoms with Crippen molar-refractivity contribution < 1.29 is 14.7 Å². The summed E-state index contributed by atoms with van der Waals surface area (Å²) in [5.41, 5.74) is 0. The maximum absolute atomic E-state index is 11.9. The minimum absolute atomic E-state index is 0.0863. The van der Waals surface area contributed by atoms with Crippen molar-refractivity contribution in [3.05, 3.63) is 0 Å². The summed E-state index contributed by atoms with van der Waals surface area (Å²) < 4.78 is 0. The summed E-state index contributed by atoms with van der Waals surface area (Å²) in [6.07, 6.45) is 2.72. The SMILES string of the molecule is CCC(C)C(NC(=O)NC1CCCN(CC)C1)C(=O)O. The van der Waals surface area contributed by atoms with Gasteiger partial charge in [0.2, 0.25) is 0 Å². The zero-order chi connectivity index (χ0) is 15.1. The van der Waals surface area contributed by atoms with Crippen LogP contribution in [0.2, 0.25) is 0 Å². The zero-order valence-electron chi connectivity index (χ0n) is 12.7. The van der Waals surface area contributed by atoms with Crippen LogP contribution in [-0.4, -0.2) is 53.7 Å². The minimum Gasteiger partial charge on any atom is -0.480 e. The molecule has 1 aliphatic rings. The fourth-order valence-corrected chi connectivity index (χ4v) is 2.51. The van der Waals surface area contributed by atoms with Gasteiger partial charge in [-0.3, -0.25) is 0 Å². The molecule has 20 heavy (non-hydrogen) atoms. The molecule has 116 valence electrons. The largest absolute Gasteiger partial charge is 0.480 e. The molecule has 1 saturated heterocycles. The number of rotatable bonds is 6. The number of hydrogen-bond donors (Lipinski definition) is 3. The number of carbonyl (C=O) groups excluding carboxylic acids is 1. The topological polar surface area (TPSA) is 81.7 Å². The second-order valence-corrected chi connectivity index (χ2v) is 5.55. The normalized spacial score (nSPS) is 22.9. The maximum atomic E-state index is 11.9. The van der Waals surface area contributed by atoms with Crippen LogP contribution >= 0.6 is 0 Å². The van der Waals surface area contributed by atoms with E-state index in [9.17, 15) is 9.59 Å². The summed E-state index contributed by atoms with van der Waals surface area (Å²) >= 11 is 0. The molecule has 0 aromatic carbocycles. The van der Waals surface area contributed by atoms with Crippen molar-refractivity contribution in [1.29, 1.82) is 0 Å². The average Bonchev–Trinajstić information content (AvgIpc) is 2.43. The fourth-order valence-electron chi connectivity index (χ4n) is 2.51. The molecule has 0 bridgehead atoms. The van der Waals surface area contributed by atoms with Crippen molar-refractivity contribution in [3.63, 3.8) is 0 Å². The molecule has 0 spiro atoms. The van der Waals surface area contributed by atoms with Gasteiger partial charge in [-0.2, -0.15) is 0 Å². The Bertz CT molecular complexity index is 336. The van der Waals surface area contributed by atoms with E-state index in [4.69, 9.17) is 5.11 Å². The van der Waals surface area contributed by atoms with Crippen LogP contribution in [0.5, 0.6) is 0 Å². The first-order valence-electron chi connectivity index (χ1n) is 7.50. The molecule has 6 nitrogen and oxygen atoms in total. The highest BCUT2D eigenvalue weighted by atomic mass is 16.4. The third-order valence-electron chi connectivity index (χ3n) is 4.05. The molecular weight excluding hydrogens is 258 g/mol. The van der Waals surface area contributed by atoms with Crippen LogP contribution in [0.1, 0.15) is 40.0 Å². The number of carboxylic acid groups (broad SMARTS) is 1. The zero-order valence-corrected chi connectivity index (χ0v) is 12.7. The summed E-state index contributed by atoms with van der Waals surface area (Å²) in [6.45, 7) is 8.74. The highest BCUT2D eigenvalue weighted by Crippen LogP contribution is 2.10. The number of nitrogens with zero attached hydrogens (tertiary/aromatic N) is 1. The van der Waals surface area contributed by atoms with E-state index in [2.05, 4.69) is 22.5 Å². The third kappa shape index (κ3) is 5.00. The summed E-state index contributed by atoms with van der Waals surface area (Å²) in [5.74, 6) is -1.06. The predicted octanol–water partition coefficient (Wildman–Crippen LogP) is 1.27. The van der Waals surface area contributed by atoms with Gasteiger partial charge in [-0.15, -0.1) is 0 Å². The number of carbonyl (C=O) groups is 2. The number of hydrogen-bond acceptors (Lipinski definition) is 3. The third-order valence-corrected chi connectivity index (χ3v) is 4.05. The van der Waals surface area contributed by atoms with E-state index < -0.39 is 12.0 Å². The summed E-state index contributed by atoms with van der Waals surface area (Å²) in [6, 6.07) is -1.10. The Morgan fingerprint density at radius 1 is 1.40 bits per heavy atom. The van der Waals surface area contributed by atoms with E-state index >= 15 is 0 Å². The van der Waals surface area contributed by atoms with E-state index in [1.165, 1.54) is 0 Å². The van der Waals surface area contributed by atoms with Crippen LogP contribution in [0.25, 0.3) is 0 Å². The van der Waals surface area contributed by atoms with Crippen molar-refractivity contribution in [2.45, 2.75) is 52.1 Å². The maximum Gasteiger partial charge on any atom is 0.326 e. The first kappa shape index (κ1) is 16.8. The molecule has 3 N–H and O–H groups in total. The monoisotopic (exact) mass is 285 g/mol. The Labute approximate surface area is 120 Å².